The molecule has 1 heterocycles. The van der Waals surface area contributed by atoms with Gasteiger partial charge in [-0.2, -0.15) is 0 Å². The molecule has 0 aliphatic carbocycles. The van der Waals surface area contributed by atoms with Crippen LogP contribution >= 0.6 is 0 Å². The van der Waals surface area contributed by atoms with Gasteiger partial charge in [-0.15, -0.1) is 0 Å². The van der Waals surface area contributed by atoms with Gasteiger partial charge in [-0.05, 0) is 29.7 Å². The Balaban J connectivity index is 2.16. The van der Waals surface area contributed by atoms with E-state index in [1.54, 1.807) is 7.11 Å². The van der Waals surface area contributed by atoms with Gasteiger partial charge in [0.2, 0.25) is 0 Å². The van der Waals surface area contributed by atoms with Gasteiger partial charge in [0.05, 0.1) is 18.3 Å². The summed E-state index contributed by atoms with van der Waals surface area (Å²) in [6.45, 7) is 0. The van der Waals surface area contributed by atoms with Crippen LogP contribution < -0.4 is 4.74 Å². The first kappa shape index (κ1) is 12.8. The van der Waals surface area contributed by atoms with Crippen LogP contribution in [0.3, 0.4) is 0 Å². The van der Waals surface area contributed by atoms with E-state index in [0.29, 0.717) is 0 Å². The van der Waals surface area contributed by atoms with Gasteiger partial charge < -0.3 is 4.74 Å². The minimum absolute atomic E-state index is 0.849. The van der Waals surface area contributed by atoms with Crippen LogP contribution in [0.1, 0.15) is 0 Å². The van der Waals surface area contributed by atoms with Crippen LogP contribution in [0, 0.1) is 0 Å². The average molecular weight is 285 g/mol. The van der Waals surface area contributed by atoms with Gasteiger partial charge in [-0.3, -0.25) is 0 Å². The van der Waals surface area contributed by atoms with Crippen molar-refractivity contribution in [3.05, 3.63) is 72.8 Å². The molecule has 22 heavy (non-hydrogen) atoms. The van der Waals surface area contributed by atoms with Gasteiger partial charge in [0.15, 0.2) is 0 Å². The molecule has 0 fully saturated rings. The quantitative estimate of drug-likeness (QED) is 0.480. The van der Waals surface area contributed by atoms with Gasteiger partial charge in [0.25, 0.3) is 0 Å². The molecule has 1 aromatic heterocycles. The summed E-state index contributed by atoms with van der Waals surface area (Å²) >= 11 is 0. The van der Waals surface area contributed by atoms with E-state index in [2.05, 4.69) is 42.5 Å². The lowest BCUT2D eigenvalue weighted by atomic mass is 10.00. The van der Waals surface area contributed by atoms with Crippen LogP contribution in [-0.4, -0.2) is 12.1 Å². The standard InChI is InChI=1S/C20H15NO/c1-22-15-11-12-16-17-9-5-6-10-19(17)21-20(18(16)13-15)14-7-3-2-4-8-14/h2-13H,1H3. The number of methoxy groups -OCH3 is 1. The van der Waals surface area contributed by atoms with Crippen LogP contribution in [0.5, 0.6) is 5.75 Å². The number of para-hydroxylation sites is 1. The van der Waals surface area contributed by atoms with Crippen LogP contribution in [-0.2, 0) is 0 Å². The van der Waals surface area contributed by atoms with Gasteiger partial charge in [0, 0.05) is 16.3 Å². The maximum Gasteiger partial charge on any atom is 0.119 e. The highest BCUT2D eigenvalue weighted by molar-refractivity contribution is 6.11. The van der Waals surface area contributed by atoms with E-state index < -0.39 is 0 Å². The van der Waals surface area contributed by atoms with Gasteiger partial charge in [0.1, 0.15) is 5.75 Å². The van der Waals surface area contributed by atoms with E-state index in [9.17, 15) is 0 Å². The lowest BCUT2D eigenvalue weighted by Gasteiger charge is -2.11. The van der Waals surface area contributed by atoms with Crippen molar-refractivity contribution in [1.82, 2.24) is 4.98 Å². The first-order valence-corrected chi connectivity index (χ1v) is 7.29. The lowest BCUT2D eigenvalue weighted by molar-refractivity contribution is 0.415. The Morgan fingerprint density at radius 1 is 0.727 bits per heavy atom. The smallest absolute Gasteiger partial charge is 0.119 e. The molecule has 3 aromatic carbocycles. The molecule has 0 aliphatic rings. The zero-order valence-electron chi connectivity index (χ0n) is 12.3. The van der Waals surface area contributed by atoms with Crippen LogP contribution in [0.25, 0.3) is 32.9 Å². The molecule has 0 saturated carbocycles. The van der Waals surface area contributed by atoms with Gasteiger partial charge in [-0.1, -0.05) is 48.5 Å². The molecule has 0 bridgehead atoms. The van der Waals surface area contributed by atoms with Gasteiger partial charge >= 0.3 is 0 Å². The molecule has 0 aliphatic heterocycles. The Morgan fingerprint density at radius 3 is 2.32 bits per heavy atom. The summed E-state index contributed by atoms with van der Waals surface area (Å²) in [7, 11) is 1.69. The molecule has 0 spiro atoms. The second-order valence-electron chi connectivity index (χ2n) is 5.26. The summed E-state index contributed by atoms with van der Waals surface area (Å²) in [5, 5.41) is 3.48. The SMILES string of the molecule is COc1ccc2c(c1)c(-c1ccccc1)nc1ccccc12. The number of hydrogen-bond donors (Lipinski definition) is 0. The number of rotatable bonds is 2. The molecule has 0 amide bonds. The molecule has 0 saturated heterocycles. The molecule has 2 nitrogen and oxygen atoms in total. The largest absolute Gasteiger partial charge is 0.497 e. The van der Waals surface area contributed by atoms with E-state index in [1.165, 1.54) is 10.8 Å². The highest BCUT2D eigenvalue weighted by Gasteiger charge is 2.10. The van der Waals surface area contributed by atoms with Crippen molar-refractivity contribution in [3.63, 3.8) is 0 Å². The fraction of sp³-hybridized carbons (Fsp3) is 0.0500. The highest BCUT2D eigenvalue weighted by Crippen LogP contribution is 2.34. The van der Waals surface area contributed by atoms with Crippen molar-refractivity contribution in [2.75, 3.05) is 7.11 Å². The predicted octanol–water partition coefficient (Wildman–Crippen LogP) is 5.06. The average Bonchev–Trinajstić information content (AvgIpc) is 2.61. The number of nitrogens with zero attached hydrogens (tertiary/aromatic N) is 1. The van der Waals surface area contributed by atoms with E-state index in [-0.39, 0.29) is 0 Å². The molecular weight excluding hydrogens is 270 g/mol. The molecule has 0 unspecified atom stereocenters. The summed E-state index contributed by atoms with van der Waals surface area (Å²) in [5.74, 6) is 0.849. The molecule has 2 heteroatoms. The minimum atomic E-state index is 0.849. The number of ether oxygens (including phenoxy) is 1. The molecule has 0 radical (unpaired) electrons. The van der Waals surface area contributed by atoms with E-state index in [4.69, 9.17) is 9.72 Å². The molecule has 0 atom stereocenters. The highest BCUT2D eigenvalue weighted by atomic mass is 16.5. The number of pyridine rings is 1. The maximum absolute atomic E-state index is 5.40. The Kier molecular flexibility index (Phi) is 3.01. The third kappa shape index (κ3) is 2.01. The topological polar surface area (TPSA) is 22.1 Å². The van der Waals surface area contributed by atoms with Crippen molar-refractivity contribution >= 4 is 21.7 Å². The Morgan fingerprint density at radius 2 is 1.50 bits per heavy atom. The first-order valence-electron chi connectivity index (χ1n) is 7.29. The Hall–Kier alpha value is -2.87. The van der Waals surface area contributed by atoms with Crippen molar-refractivity contribution in [3.8, 4) is 17.0 Å². The maximum atomic E-state index is 5.40. The zero-order valence-corrected chi connectivity index (χ0v) is 12.3. The Labute approximate surface area is 129 Å². The molecular formula is C20H15NO. The van der Waals surface area contributed by atoms with Crippen molar-refractivity contribution in [2.45, 2.75) is 0 Å². The predicted molar refractivity (Wildman–Crippen MR) is 91.2 cm³/mol. The number of hydrogen-bond acceptors (Lipinski definition) is 2. The van der Waals surface area contributed by atoms with Crippen molar-refractivity contribution in [2.24, 2.45) is 0 Å². The number of fused-ring (bicyclic) bond motifs is 3. The molecule has 4 rings (SSSR count). The van der Waals surface area contributed by atoms with Crippen LogP contribution in [0.2, 0.25) is 0 Å². The number of aromatic nitrogens is 1. The third-order valence-electron chi connectivity index (χ3n) is 3.96. The second kappa shape index (κ2) is 5.15. The summed E-state index contributed by atoms with van der Waals surface area (Å²) in [4.78, 5) is 4.89. The summed E-state index contributed by atoms with van der Waals surface area (Å²) < 4.78 is 5.40. The summed E-state index contributed by atoms with van der Waals surface area (Å²) in [5.41, 5.74) is 3.12. The Bertz CT molecular complexity index is 961. The molecule has 106 valence electrons. The number of benzene rings is 3. The fourth-order valence-corrected chi connectivity index (χ4v) is 2.88. The monoisotopic (exact) mass is 285 g/mol. The normalized spacial score (nSPS) is 11.0. The van der Waals surface area contributed by atoms with E-state index in [1.807, 2.05) is 30.3 Å². The van der Waals surface area contributed by atoms with Crippen molar-refractivity contribution < 1.29 is 4.74 Å². The lowest BCUT2D eigenvalue weighted by Crippen LogP contribution is -1.91. The van der Waals surface area contributed by atoms with Crippen molar-refractivity contribution in [1.29, 1.82) is 0 Å². The fourth-order valence-electron chi connectivity index (χ4n) is 2.88. The van der Waals surface area contributed by atoms with E-state index in [0.717, 1.165) is 27.9 Å². The summed E-state index contributed by atoms with van der Waals surface area (Å²) in [6.07, 6.45) is 0. The minimum Gasteiger partial charge on any atom is -0.497 e. The second-order valence-corrected chi connectivity index (χ2v) is 5.26. The van der Waals surface area contributed by atoms with Crippen LogP contribution in [0.15, 0.2) is 72.8 Å². The first-order chi connectivity index (χ1) is 10.9. The summed E-state index contributed by atoms with van der Waals surface area (Å²) in [6, 6.07) is 24.7. The molecule has 4 aromatic rings. The van der Waals surface area contributed by atoms with Gasteiger partial charge in [-0.25, -0.2) is 4.98 Å². The molecule has 0 N–H and O–H groups in total. The van der Waals surface area contributed by atoms with E-state index >= 15 is 0 Å². The van der Waals surface area contributed by atoms with Crippen LogP contribution in [0.4, 0.5) is 0 Å². The third-order valence-corrected chi connectivity index (χ3v) is 3.96. The zero-order chi connectivity index (χ0) is 14.9.